The molecule has 0 bridgehead atoms. The van der Waals surface area contributed by atoms with Crippen molar-refractivity contribution in [3.63, 3.8) is 0 Å². The molecular weight excluding hydrogens is 466 g/mol. The lowest BCUT2D eigenvalue weighted by Crippen LogP contribution is -2.14. The van der Waals surface area contributed by atoms with E-state index in [4.69, 9.17) is 9.15 Å². The maximum Gasteiger partial charge on any atom is 0.439 e. The predicted octanol–water partition coefficient (Wildman–Crippen LogP) is 5.74. The molecule has 34 heavy (non-hydrogen) atoms. The highest BCUT2D eigenvalue weighted by Crippen LogP contribution is 2.33. The Balaban J connectivity index is 1.60. The van der Waals surface area contributed by atoms with E-state index in [2.05, 4.69) is 19.6 Å². The summed E-state index contributed by atoms with van der Waals surface area (Å²) < 4.78 is 53.1. The van der Waals surface area contributed by atoms with Crippen LogP contribution in [0.3, 0.4) is 0 Å². The molecule has 4 aromatic rings. The summed E-state index contributed by atoms with van der Waals surface area (Å²) in [5, 5.41) is 3.25. The van der Waals surface area contributed by atoms with Crippen molar-refractivity contribution in [2.45, 2.75) is 12.7 Å². The van der Waals surface area contributed by atoms with E-state index in [-0.39, 0.29) is 28.9 Å². The van der Waals surface area contributed by atoms with E-state index in [1.165, 1.54) is 43.0 Å². The molecule has 0 aliphatic rings. The first-order chi connectivity index (χ1) is 16.3. The smallest absolute Gasteiger partial charge is 0.439 e. The molecule has 0 aliphatic carbocycles. The number of nitrogens with zero attached hydrogens (tertiary/aromatic N) is 3. The van der Waals surface area contributed by atoms with Crippen LogP contribution in [-0.4, -0.2) is 33.5 Å². The van der Waals surface area contributed by atoms with Crippen molar-refractivity contribution in [2.24, 2.45) is 4.36 Å². The SMILES string of the molecule is CCOC(=O)N=[SH](C)(O)Cc1ccnc(Nc2cc(-c3ccc(F)c4ccoc34)c(F)cn2)c1. The fourth-order valence-corrected chi connectivity index (χ4v) is 4.80. The number of thiol groups is 1. The zero-order valence-corrected chi connectivity index (χ0v) is 19.2. The van der Waals surface area contributed by atoms with Crippen LogP contribution in [-0.2, 0) is 20.6 Å². The number of anilines is 2. The normalized spacial score (nSPS) is 11.9. The molecule has 3 aromatic heterocycles. The van der Waals surface area contributed by atoms with Gasteiger partial charge in [-0.05, 0) is 55.1 Å². The number of ether oxygens (including phenoxy) is 1. The van der Waals surface area contributed by atoms with E-state index >= 15 is 0 Å². The Morgan fingerprint density at radius 1 is 1.15 bits per heavy atom. The van der Waals surface area contributed by atoms with E-state index in [0.29, 0.717) is 22.8 Å². The number of aromatic nitrogens is 2. The molecular formula is C23H22F2N4O4S. The van der Waals surface area contributed by atoms with Crippen LogP contribution in [0.1, 0.15) is 12.5 Å². The van der Waals surface area contributed by atoms with Crippen LogP contribution in [0.4, 0.5) is 25.2 Å². The first-order valence-electron chi connectivity index (χ1n) is 10.3. The molecule has 1 amide bonds. The second-order valence-corrected chi connectivity index (χ2v) is 10.2. The number of rotatable bonds is 6. The van der Waals surface area contributed by atoms with Crippen LogP contribution in [0.15, 0.2) is 63.8 Å². The molecule has 4 rings (SSSR count). The van der Waals surface area contributed by atoms with E-state index in [1.54, 1.807) is 19.1 Å². The molecule has 3 heterocycles. The summed E-state index contributed by atoms with van der Waals surface area (Å²) in [5.41, 5.74) is 1.47. The molecule has 0 radical (unpaired) electrons. The minimum Gasteiger partial charge on any atom is -0.464 e. The fraction of sp³-hybridized carbons (Fsp3) is 0.174. The lowest BCUT2D eigenvalue weighted by Gasteiger charge is -2.18. The van der Waals surface area contributed by atoms with Gasteiger partial charge in [0.1, 0.15) is 28.9 Å². The summed E-state index contributed by atoms with van der Waals surface area (Å²) in [5.74, 6) is -0.242. The van der Waals surface area contributed by atoms with E-state index in [0.717, 1.165) is 6.20 Å². The van der Waals surface area contributed by atoms with Gasteiger partial charge in [0.05, 0.1) is 24.5 Å². The average molecular weight is 489 g/mol. The minimum atomic E-state index is -2.94. The highest BCUT2D eigenvalue weighted by atomic mass is 32.3. The number of carbonyl (C=O) groups is 1. The topological polar surface area (TPSA) is 110 Å². The zero-order valence-electron chi connectivity index (χ0n) is 18.3. The molecule has 2 N–H and O–H groups in total. The molecule has 0 fully saturated rings. The van der Waals surface area contributed by atoms with Gasteiger partial charge < -0.3 is 19.0 Å². The minimum absolute atomic E-state index is 0.136. The molecule has 8 nitrogen and oxygen atoms in total. The number of nitrogens with one attached hydrogen (secondary N) is 1. The summed E-state index contributed by atoms with van der Waals surface area (Å²) in [6.07, 6.45) is 4.62. The molecule has 1 aromatic carbocycles. The number of hydrogen-bond acceptors (Lipinski definition) is 6. The summed E-state index contributed by atoms with van der Waals surface area (Å²) in [6, 6.07) is 9.01. The van der Waals surface area contributed by atoms with Gasteiger partial charge in [-0.1, -0.05) is 10.1 Å². The lowest BCUT2D eigenvalue weighted by atomic mass is 10.0. The Hall–Kier alpha value is -3.70. The number of fused-ring (bicyclic) bond motifs is 1. The highest BCUT2D eigenvalue weighted by molar-refractivity contribution is 7.98. The Morgan fingerprint density at radius 2 is 1.94 bits per heavy atom. The molecule has 0 saturated heterocycles. The molecule has 0 spiro atoms. The van der Waals surface area contributed by atoms with E-state index in [9.17, 15) is 18.1 Å². The Morgan fingerprint density at radius 3 is 2.74 bits per heavy atom. The Bertz CT molecular complexity index is 1420. The van der Waals surface area contributed by atoms with Crippen molar-refractivity contribution in [2.75, 3.05) is 18.2 Å². The zero-order chi connectivity index (χ0) is 24.3. The number of amides is 1. The third-order valence-corrected chi connectivity index (χ3v) is 6.39. The summed E-state index contributed by atoms with van der Waals surface area (Å²) in [6.45, 7) is 1.82. The van der Waals surface area contributed by atoms with Gasteiger partial charge in [-0.3, -0.25) is 0 Å². The van der Waals surface area contributed by atoms with Crippen molar-refractivity contribution in [1.82, 2.24) is 9.97 Å². The number of halogens is 2. The first kappa shape index (κ1) is 23.5. The maximum absolute atomic E-state index is 14.6. The fourth-order valence-electron chi connectivity index (χ4n) is 3.44. The number of pyridine rings is 2. The summed E-state index contributed by atoms with van der Waals surface area (Å²) in [7, 11) is -2.94. The standard InChI is InChI=1S/C23H22F2N4O4S/c1-3-32-23(30)29-34(2,31)13-14-6-8-26-20(10-14)28-21-11-17(19(25)12-27-21)15-4-5-18(24)16-7-9-33-22(15)16/h4-12,34H,3,13H2,1-2H3,(H,26,27,28)(H,29,30,31). The largest absolute Gasteiger partial charge is 0.464 e. The van der Waals surface area contributed by atoms with Crippen LogP contribution in [0.5, 0.6) is 0 Å². The predicted molar refractivity (Wildman–Crippen MR) is 127 cm³/mol. The van der Waals surface area contributed by atoms with Gasteiger partial charge in [0.25, 0.3) is 0 Å². The van der Waals surface area contributed by atoms with Gasteiger partial charge >= 0.3 is 6.09 Å². The van der Waals surface area contributed by atoms with Gasteiger partial charge in [-0.2, -0.15) is 4.36 Å². The van der Waals surface area contributed by atoms with Crippen LogP contribution < -0.4 is 5.32 Å². The number of carbonyl (C=O) groups excluding carboxylic acids is 1. The van der Waals surface area contributed by atoms with Crippen LogP contribution in [0.25, 0.3) is 22.1 Å². The Labute approximate surface area is 194 Å². The number of furan rings is 1. The van der Waals surface area contributed by atoms with Gasteiger partial charge in [0.15, 0.2) is 0 Å². The van der Waals surface area contributed by atoms with Gasteiger partial charge in [0, 0.05) is 23.1 Å². The quantitative estimate of drug-likeness (QED) is 0.297. The molecule has 11 heteroatoms. The number of hydrogen-bond donors (Lipinski definition) is 3. The number of benzene rings is 1. The van der Waals surface area contributed by atoms with E-state index in [1.807, 2.05) is 0 Å². The molecule has 178 valence electrons. The average Bonchev–Trinajstić information content (AvgIpc) is 3.26. The monoisotopic (exact) mass is 488 g/mol. The van der Waals surface area contributed by atoms with Crippen molar-refractivity contribution < 1.29 is 27.3 Å². The molecule has 0 unspecified atom stereocenters. The molecule has 0 saturated carbocycles. The molecule has 0 aliphatic heterocycles. The van der Waals surface area contributed by atoms with Crippen molar-refractivity contribution in [3.8, 4) is 11.1 Å². The Kier molecular flexibility index (Phi) is 6.66. The van der Waals surface area contributed by atoms with Crippen LogP contribution in [0.2, 0.25) is 0 Å². The van der Waals surface area contributed by atoms with Crippen LogP contribution >= 0.6 is 0 Å². The van der Waals surface area contributed by atoms with Crippen molar-refractivity contribution in [1.29, 1.82) is 0 Å². The lowest BCUT2D eigenvalue weighted by molar-refractivity contribution is 0.164. The van der Waals surface area contributed by atoms with Gasteiger partial charge in [-0.15, -0.1) is 0 Å². The van der Waals surface area contributed by atoms with E-state index < -0.39 is 27.8 Å². The third-order valence-electron chi connectivity index (χ3n) is 4.84. The first-order valence-corrected chi connectivity index (χ1v) is 12.6. The van der Waals surface area contributed by atoms with Gasteiger partial charge in [-0.25, -0.2) is 23.5 Å². The second-order valence-electron chi connectivity index (χ2n) is 7.53. The third kappa shape index (κ3) is 5.26. The van der Waals surface area contributed by atoms with Crippen LogP contribution in [0, 0.1) is 11.6 Å². The molecule has 0 atom stereocenters. The summed E-state index contributed by atoms with van der Waals surface area (Å²) in [4.78, 5) is 19.9. The second kappa shape index (κ2) is 9.65. The van der Waals surface area contributed by atoms with Crippen molar-refractivity contribution >= 4 is 38.8 Å². The maximum atomic E-state index is 14.6. The van der Waals surface area contributed by atoms with Gasteiger partial charge in [0.2, 0.25) is 0 Å². The summed E-state index contributed by atoms with van der Waals surface area (Å²) >= 11 is 0. The highest BCUT2D eigenvalue weighted by Gasteiger charge is 2.16. The van der Waals surface area contributed by atoms with Crippen molar-refractivity contribution in [3.05, 3.63) is 72.3 Å².